The number of alkyl halides is 3. The van der Waals surface area contributed by atoms with Gasteiger partial charge in [0.05, 0.1) is 23.3 Å². The zero-order valence-corrected chi connectivity index (χ0v) is 13.4. The molecule has 0 radical (unpaired) electrons. The average Bonchev–Trinajstić information content (AvgIpc) is 3.30. The van der Waals surface area contributed by atoms with E-state index < -0.39 is 35.3 Å². The third kappa shape index (κ3) is 1.81. The second kappa shape index (κ2) is 4.68. The van der Waals surface area contributed by atoms with E-state index >= 15 is 0 Å². The highest BCUT2D eigenvalue weighted by Gasteiger charge is 2.66. The van der Waals surface area contributed by atoms with E-state index in [1.54, 1.807) is 9.30 Å². The monoisotopic (exact) mass is 365 g/mol. The van der Waals surface area contributed by atoms with Crippen molar-refractivity contribution in [2.75, 3.05) is 11.4 Å². The van der Waals surface area contributed by atoms with Crippen LogP contribution in [-0.4, -0.2) is 39.4 Å². The van der Waals surface area contributed by atoms with Crippen LogP contribution >= 0.6 is 0 Å². The van der Waals surface area contributed by atoms with Gasteiger partial charge in [0.1, 0.15) is 17.7 Å². The van der Waals surface area contributed by atoms with Crippen LogP contribution in [-0.2, 0) is 11.0 Å². The van der Waals surface area contributed by atoms with Gasteiger partial charge in [-0.15, -0.1) is 0 Å². The van der Waals surface area contributed by atoms with E-state index in [1.807, 2.05) is 0 Å². The molecule has 1 saturated carbocycles. The number of carbonyl (C=O) groups is 2. The number of carbonyl (C=O) groups excluding carboxylic acids is 2. The summed E-state index contributed by atoms with van der Waals surface area (Å²) in [6, 6.07) is 1.18. The Balaban J connectivity index is 1.65. The predicted octanol–water partition coefficient (Wildman–Crippen LogP) is 1.53. The molecule has 4 heterocycles. The van der Waals surface area contributed by atoms with Gasteiger partial charge >= 0.3 is 12.2 Å². The van der Waals surface area contributed by atoms with Crippen molar-refractivity contribution in [1.29, 1.82) is 0 Å². The number of anilines is 1. The number of imide groups is 1. The first-order valence-corrected chi connectivity index (χ1v) is 8.24. The molecule has 7 nitrogen and oxygen atoms in total. The van der Waals surface area contributed by atoms with E-state index in [-0.39, 0.29) is 5.92 Å². The molecule has 2 aromatic rings. The normalized spacial score (nSPS) is 30.5. The van der Waals surface area contributed by atoms with Crippen LogP contribution in [0.2, 0.25) is 0 Å². The molecule has 2 N–H and O–H groups in total. The molecule has 10 heteroatoms. The van der Waals surface area contributed by atoms with Gasteiger partial charge in [-0.05, 0) is 25.0 Å². The number of aromatic nitrogens is 2. The van der Waals surface area contributed by atoms with E-state index in [2.05, 4.69) is 15.6 Å². The Hall–Kier alpha value is -2.78. The molecule has 2 bridgehead atoms. The van der Waals surface area contributed by atoms with Gasteiger partial charge < -0.3 is 10.2 Å². The van der Waals surface area contributed by atoms with Crippen molar-refractivity contribution in [2.24, 2.45) is 5.92 Å². The van der Waals surface area contributed by atoms with Gasteiger partial charge in [0.2, 0.25) is 0 Å². The van der Waals surface area contributed by atoms with E-state index in [4.69, 9.17) is 0 Å². The molecule has 1 spiro atoms. The van der Waals surface area contributed by atoms with Crippen molar-refractivity contribution < 1.29 is 22.8 Å². The predicted molar refractivity (Wildman–Crippen MR) is 83.5 cm³/mol. The third-order valence-corrected chi connectivity index (χ3v) is 5.80. The summed E-state index contributed by atoms with van der Waals surface area (Å²) in [5.41, 5.74) is -1.51. The fourth-order valence-corrected chi connectivity index (χ4v) is 4.74. The van der Waals surface area contributed by atoms with Gasteiger partial charge in [-0.2, -0.15) is 13.2 Å². The molecule has 136 valence electrons. The lowest BCUT2D eigenvalue weighted by Gasteiger charge is -2.32. The summed E-state index contributed by atoms with van der Waals surface area (Å²) >= 11 is 0. The van der Waals surface area contributed by atoms with Crippen LogP contribution < -0.4 is 15.5 Å². The fraction of sp³-hybridized carbons (Fsp3) is 0.438. The van der Waals surface area contributed by atoms with Crippen LogP contribution in [0.3, 0.4) is 0 Å². The van der Waals surface area contributed by atoms with Crippen molar-refractivity contribution in [3.63, 3.8) is 0 Å². The zero-order chi connectivity index (χ0) is 18.3. The van der Waals surface area contributed by atoms with E-state index in [9.17, 15) is 22.8 Å². The number of halogens is 3. The van der Waals surface area contributed by atoms with Crippen LogP contribution in [0.1, 0.15) is 18.4 Å². The molecule has 5 rings (SSSR count). The number of nitrogens with zero attached hydrogens (tertiary/aromatic N) is 3. The molecule has 26 heavy (non-hydrogen) atoms. The van der Waals surface area contributed by atoms with Crippen LogP contribution in [0.5, 0.6) is 0 Å². The van der Waals surface area contributed by atoms with E-state index in [1.165, 1.54) is 12.5 Å². The van der Waals surface area contributed by atoms with Crippen molar-refractivity contribution in [3.05, 3.63) is 30.2 Å². The largest absolute Gasteiger partial charge is 0.416 e. The molecule has 3 fully saturated rings. The number of fused-ring (bicyclic) bond motifs is 1. The maximum absolute atomic E-state index is 13.3. The molecule has 3 amide bonds. The quantitative estimate of drug-likeness (QED) is 0.752. The summed E-state index contributed by atoms with van der Waals surface area (Å²) in [7, 11) is 0. The Morgan fingerprint density at radius 3 is 2.73 bits per heavy atom. The molecule has 1 aliphatic carbocycles. The highest BCUT2D eigenvalue weighted by Crippen LogP contribution is 2.49. The van der Waals surface area contributed by atoms with Crippen LogP contribution in [0, 0.1) is 5.92 Å². The standard InChI is InChI=1S/C16H14F3N5O2/c17-16(18,19)9-3-10-5-20-7-24(10)12(4-9)23-6-8-1-2-11(23)15(8)13(25)21-14(26)22-15/h3-5,7-8,11H,1-2,6H2,(H2,21,22,25,26). The summed E-state index contributed by atoms with van der Waals surface area (Å²) in [4.78, 5) is 29.9. The maximum atomic E-state index is 13.3. The summed E-state index contributed by atoms with van der Waals surface area (Å²) in [5.74, 6) is -0.216. The van der Waals surface area contributed by atoms with E-state index in [0.717, 1.165) is 18.6 Å². The van der Waals surface area contributed by atoms with Gasteiger partial charge in [0.25, 0.3) is 5.91 Å². The molecule has 0 aromatic carbocycles. The number of urea groups is 1. The van der Waals surface area contributed by atoms with Gasteiger partial charge in [0.15, 0.2) is 0 Å². The molecule has 3 aliphatic rings. The first-order chi connectivity index (χ1) is 12.3. The number of imidazole rings is 1. The second-order valence-electron chi connectivity index (χ2n) is 7.01. The third-order valence-electron chi connectivity index (χ3n) is 5.80. The Morgan fingerprint density at radius 1 is 1.23 bits per heavy atom. The first-order valence-electron chi connectivity index (χ1n) is 8.24. The van der Waals surface area contributed by atoms with Crippen molar-refractivity contribution in [3.8, 4) is 0 Å². The maximum Gasteiger partial charge on any atom is 0.416 e. The lowest BCUT2D eigenvalue weighted by molar-refractivity contribution is -0.137. The number of nitrogens with one attached hydrogen (secondary N) is 2. The molecular weight excluding hydrogens is 351 g/mol. The molecule has 3 atom stereocenters. The minimum atomic E-state index is -4.49. The topological polar surface area (TPSA) is 78.7 Å². The first kappa shape index (κ1) is 15.5. The Morgan fingerprint density at radius 2 is 2.04 bits per heavy atom. The number of hydrogen-bond donors (Lipinski definition) is 2. The van der Waals surface area contributed by atoms with Crippen LogP contribution in [0.4, 0.5) is 23.8 Å². The number of amides is 3. The van der Waals surface area contributed by atoms with Gasteiger partial charge in [0, 0.05) is 12.5 Å². The van der Waals surface area contributed by atoms with E-state index in [0.29, 0.717) is 24.3 Å². The number of pyridine rings is 1. The second-order valence-corrected chi connectivity index (χ2v) is 7.01. The number of piperidine rings is 1. The van der Waals surface area contributed by atoms with Crippen molar-refractivity contribution in [2.45, 2.75) is 30.6 Å². The lowest BCUT2D eigenvalue weighted by atomic mass is 9.88. The number of hydrogen-bond acceptors (Lipinski definition) is 4. The molecule has 2 aliphatic heterocycles. The Kier molecular flexibility index (Phi) is 2.79. The highest BCUT2D eigenvalue weighted by atomic mass is 19.4. The molecule has 2 saturated heterocycles. The summed E-state index contributed by atoms with van der Waals surface area (Å²) in [5, 5.41) is 5.01. The Labute approximate surface area is 145 Å². The highest BCUT2D eigenvalue weighted by molar-refractivity contribution is 6.08. The number of rotatable bonds is 1. The molecular formula is C16H14F3N5O2. The zero-order valence-electron chi connectivity index (χ0n) is 13.4. The molecule has 2 aromatic heterocycles. The van der Waals surface area contributed by atoms with Gasteiger partial charge in [-0.3, -0.25) is 14.5 Å². The SMILES string of the molecule is O=C1NC(=O)C2(N1)C1CCC2N(c2cc(C(F)(F)F)cc3cncn23)C1. The summed E-state index contributed by atoms with van der Waals surface area (Å²) < 4.78 is 41.5. The average molecular weight is 365 g/mol. The minimum absolute atomic E-state index is 0.146. The minimum Gasteiger partial charge on any atom is -0.351 e. The fourth-order valence-electron chi connectivity index (χ4n) is 4.74. The molecule has 3 unspecified atom stereocenters. The van der Waals surface area contributed by atoms with Crippen molar-refractivity contribution in [1.82, 2.24) is 20.0 Å². The van der Waals surface area contributed by atoms with Gasteiger partial charge in [-0.1, -0.05) is 0 Å². The Bertz CT molecular complexity index is 955. The smallest absolute Gasteiger partial charge is 0.351 e. The van der Waals surface area contributed by atoms with Gasteiger partial charge in [-0.25, -0.2) is 9.78 Å². The van der Waals surface area contributed by atoms with Crippen LogP contribution in [0.25, 0.3) is 5.52 Å². The van der Waals surface area contributed by atoms with Crippen molar-refractivity contribution >= 4 is 23.3 Å². The van der Waals surface area contributed by atoms with Crippen LogP contribution in [0.15, 0.2) is 24.7 Å². The summed E-state index contributed by atoms with van der Waals surface area (Å²) in [6.45, 7) is 0.396. The lowest BCUT2D eigenvalue weighted by Crippen LogP contribution is -2.56. The summed E-state index contributed by atoms with van der Waals surface area (Å²) in [6.07, 6.45) is -0.314.